The van der Waals surface area contributed by atoms with E-state index in [0.717, 1.165) is 5.56 Å². The van der Waals surface area contributed by atoms with Crippen molar-refractivity contribution in [3.05, 3.63) is 35.6 Å². The Morgan fingerprint density at radius 1 is 1.60 bits per heavy atom. The van der Waals surface area contributed by atoms with Crippen molar-refractivity contribution in [3.8, 4) is 0 Å². The van der Waals surface area contributed by atoms with Gasteiger partial charge in [0.1, 0.15) is 5.82 Å². The molecule has 1 aromatic rings. The van der Waals surface area contributed by atoms with Crippen LogP contribution in [0, 0.1) is 5.82 Å². The predicted molar refractivity (Wildman–Crippen MR) is 56.8 cm³/mol. The van der Waals surface area contributed by atoms with Crippen LogP contribution in [-0.2, 0) is 11.2 Å². The normalized spacial score (nSPS) is 12.4. The van der Waals surface area contributed by atoms with Gasteiger partial charge in [-0.2, -0.15) is 0 Å². The van der Waals surface area contributed by atoms with Crippen LogP contribution in [0.15, 0.2) is 24.3 Å². The van der Waals surface area contributed by atoms with Crippen molar-refractivity contribution in [2.45, 2.75) is 19.4 Å². The zero-order valence-electron chi connectivity index (χ0n) is 8.66. The standard InChI is InChI=1S/C11H15FN2O/c1-8(11(13)15)14-6-5-9-3-2-4-10(12)7-9/h2-4,7-8,14H,5-6H2,1H3,(H2,13,15). The Kier molecular flexibility index (Phi) is 4.24. The molecule has 0 saturated carbocycles. The van der Waals surface area contributed by atoms with Crippen molar-refractivity contribution in [3.63, 3.8) is 0 Å². The quantitative estimate of drug-likeness (QED) is 0.756. The maximum Gasteiger partial charge on any atom is 0.234 e. The van der Waals surface area contributed by atoms with Crippen LogP contribution in [0.4, 0.5) is 4.39 Å². The number of amides is 1. The Hall–Kier alpha value is -1.42. The first kappa shape index (κ1) is 11.7. The van der Waals surface area contributed by atoms with E-state index in [9.17, 15) is 9.18 Å². The molecular weight excluding hydrogens is 195 g/mol. The zero-order chi connectivity index (χ0) is 11.3. The number of nitrogens with one attached hydrogen (secondary N) is 1. The summed E-state index contributed by atoms with van der Waals surface area (Å²) in [4.78, 5) is 10.7. The lowest BCUT2D eigenvalue weighted by atomic mass is 10.1. The van der Waals surface area contributed by atoms with Crippen molar-refractivity contribution in [1.82, 2.24) is 5.32 Å². The number of nitrogens with two attached hydrogens (primary N) is 1. The molecule has 0 aliphatic rings. The van der Waals surface area contributed by atoms with Crippen molar-refractivity contribution >= 4 is 5.91 Å². The molecule has 4 heteroatoms. The number of hydrogen-bond acceptors (Lipinski definition) is 2. The van der Waals surface area contributed by atoms with Crippen molar-refractivity contribution < 1.29 is 9.18 Å². The molecule has 3 N–H and O–H groups in total. The van der Waals surface area contributed by atoms with E-state index in [1.807, 2.05) is 6.07 Å². The maximum absolute atomic E-state index is 12.8. The topological polar surface area (TPSA) is 55.1 Å². The van der Waals surface area contributed by atoms with E-state index in [1.165, 1.54) is 12.1 Å². The van der Waals surface area contributed by atoms with Crippen LogP contribution in [-0.4, -0.2) is 18.5 Å². The first-order valence-electron chi connectivity index (χ1n) is 4.86. The molecule has 82 valence electrons. The van der Waals surface area contributed by atoms with E-state index in [-0.39, 0.29) is 17.8 Å². The molecule has 0 heterocycles. The Morgan fingerprint density at radius 3 is 2.93 bits per heavy atom. The minimum absolute atomic E-state index is 0.240. The highest BCUT2D eigenvalue weighted by atomic mass is 19.1. The largest absolute Gasteiger partial charge is 0.368 e. The van der Waals surface area contributed by atoms with Gasteiger partial charge >= 0.3 is 0 Å². The summed E-state index contributed by atoms with van der Waals surface area (Å²) in [5.74, 6) is -0.621. The molecule has 0 aliphatic heterocycles. The molecule has 0 spiro atoms. The van der Waals surface area contributed by atoms with Gasteiger partial charge in [0.2, 0.25) is 5.91 Å². The molecule has 15 heavy (non-hydrogen) atoms. The molecule has 0 bridgehead atoms. The van der Waals surface area contributed by atoms with Gasteiger partial charge in [-0.1, -0.05) is 12.1 Å². The van der Waals surface area contributed by atoms with E-state index >= 15 is 0 Å². The highest BCUT2D eigenvalue weighted by Crippen LogP contribution is 2.03. The van der Waals surface area contributed by atoms with Crippen LogP contribution in [0.25, 0.3) is 0 Å². The number of carbonyl (C=O) groups excluding carboxylic acids is 1. The molecule has 3 nitrogen and oxygen atoms in total. The fraction of sp³-hybridized carbons (Fsp3) is 0.364. The van der Waals surface area contributed by atoms with E-state index < -0.39 is 0 Å². The molecule has 1 unspecified atom stereocenters. The minimum Gasteiger partial charge on any atom is -0.368 e. The first-order valence-corrected chi connectivity index (χ1v) is 4.86. The minimum atomic E-state index is -0.380. The highest BCUT2D eigenvalue weighted by Gasteiger charge is 2.06. The first-order chi connectivity index (χ1) is 7.09. The number of primary amides is 1. The Morgan fingerprint density at radius 2 is 2.33 bits per heavy atom. The van der Waals surface area contributed by atoms with Crippen LogP contribution < -0.4 is 11.1 Å². The predicted octanol–water partition coefficient (Wildman–Crippen LogP) is 0.832. The monoisotopic (exact) mass is 210 g/mol. The third kappa shape index (κ3) is 4.08. The third-order valence-corrected chi connectivity index (χ3v) is 2.18. The summed E-state index contributed by atoms with van der Waals surface area (Å²) in [6, 6.07) is 6.06. The molecule has 0 saturated heterocycles. The fourth-order valence-electron chi connectivity index (χ4n) is 1.23. The SMILES string of the molecule is CC(NCCc1cccc(F)c1)C(N)=O. The number of rotatable bonds is 5. The summed E-state index contributed by atoms with van der Waals surface area (Å²) < 4.78 is 12.8. The number of hydrogen-bond donors (Lipinski definition) is 2. The van der Waals surface area contributed by atoms with Crippen LogP contribution in [0.1, 0.15) is 12.5 Å². The second-order valence-electron chi connectivity index (χ2n) is 3.46. The maximum atomic E-state index is 12.8. The summed E-state index contributed by atoms with van der Waals surface area (Å²) >= 11 is 0. The molecule has 1 atom stereocenters. The van der Waals surface area contributed by atoms with Gasteiger partial charge in [0.25, 0.3) is 0 Å². The smallest absolute Gasteiger partial charge is 0.234 e. The van der Waals surface area contributed by atoms with E-state index in [1.54, 1.807) is 13.0 Å². The Balaban J connectivity index is 2.35. The molecule has 1 amide bonds. The van der Waals surface area contributed by atoms with Crippen LogP contribution in [0.3, 0.4) is 0 Å². The van der Waals surface area contributed by atoms with E-state index in [0.29, 0.717) is 13.0 Å². The molecule has 0 radical (unpaired) electrons. The van der Waals surface area contributed by atoms with Crippen molar-refractivity contribution in [2.24, 2.45) is 5.73 Å². The molecule has 0 aromatic heterocycles. The van der Waals surface area contributed by atoms with Gasteiger partial charge in [0.15, 0.2) is 0 Å². The van der Waals surface area contributed by atoms with Crippen LogP contribution in [0.2, 0.25) is 0 Å². The molecular formula is C11H15FN2O. The lowest BCUT2D eigenvalue weighted by Crippen LogP contribution is -2.39. The summed E-state index contributed by atoms with van der Waals surface area (Å²) in [6.45, 7) is 2.31. The highest BCUT2D eigenvalue weighted by molar-refractivity contribution is 5.79. The number of halogens is 1. The lowest BCUT2D eigenvalue weighted by molar-refractivity contribution is -0.119. The summed E-state index contributed by atoms with van der Waals surface area (Å²) in [5, 5.41) is 2.95. The second-order valence-corrected chi connectivity index (χ2v) is 3.46. The molecule has 0 fully saturated rings. The average molecular weight is 210 g/mol. The molecule has 0 aliphatic carbocycles. The van der Waals surface area contributed by atoms with Gasteiger partial charge in [-0.15, -0.1) is 0 Å². The summed E-state index contributed by atoms with van der Waals surface area (Å²) in [6.07, 6.45) is 0.676. The van der Waals surface area contributed by atoms with Crippen molar-refractivity contribution in [2.75, 3.05) is 6.54 Å². The van der Waals surface area contributed by atoms with Gasteiger partial charge in [0, 0.05) is 0 Å². The van der Waals surface area contributed by atoms with Crippen molar-refractivity contribution in [1.29, 1.82) is 0 Å². The van der Waals surface area contributed by atoms with Gasteiger partial charge in [-0.05, 0) is 37.6 Å². The molecule has 1 rings (SSSR count). The van der Waals surface area contributed by atoms with Gasteiger partial charge < -0.3 is 11.1 Å². The van der Waals surface area contributed by atoms with E-state index in [2.05, 4.69) is 5.32 Å². The number of carbonyl (C=O) groups is 1. The average Bonchev–Trinajstić information content (AvgIpc) is 2.17. The Labute approximate surface area is 88.5 Å². The Bertz CT molecular complexity index is 341. The zero-order valence-corrected chi connectivity index (χ0v) is 8.66. The summed E-state index contributed by atoms with van der Waals surface area (Å²) in [7, 11) is 0. The van der Waals surface area contributed by atoms with Crippen LogP contribution >= 0.6 is 0 Å². The third-order valence-electron chi connectivity index (χ3n) is 2.18. The molecule has 1 aromatic carbocycles. The van der Waals surface area contributed by atoms with Crippen LogP contribution in [0.5, 0.6) is 0 Å². The second kappa shape index (κ2) is 5.46. The van der Waals surface area contributed by atoms with E-state index in [4.69, 9.17) is 5.73 Å². The van der Waals surface area contributed by atoms with Gasteiger partial charge in [0.05, 0.1) is 6.04 Å². The lowest BCUT2D eigenvalue weighted by Gasteiger charge is -2.09. The fourth-order valence-corrected chi connectivity index (χ4v) is 1.23. The number of benzene rings is 1. The van der Waals surface area contributed by atoms with Gasteiger partial charge in [-0.25, -0.2) is 4.39 Å². The summed E-state index contributed by atoms with van der Waals surface area (Å²) in [5.41, 5.74) is 5.98. The van der Waals surface area contributed by atoms with Gasteiger partial charge in [-0.3, -0.25) is 4.79 Å².